The van der Waals surface area contributed by atoms with Crippen LogP contribution in [0.2, 0.25) is 0 Å². The number of Topliss-reactive ketones (excluding diaryl/α,β-unsaturated/α-hetero) is 1. The van der Waals surface area contributed by atoms with Crippen molar-refractivity contribution in [2.45, 2.75) is 23.7 Å². The molecule has 0 saturated heterocycles. The smallest absolute Gasteiger partial charge is 0.238 e. The molecule has 0 aliphatic heterocycles. The highest BCUT2D eigenvalue weighted by Gasteiger charge is 2.43. The zero-order valence-corrected chi connectivity index (χ0v) is 13.4. The summed E-state index contributed by atoms with van der Waals surface area (Å²) in [4.78, 5) is 12.3. The number of hydrogen-bond donors (Lipinski definition) is 1. The fraction of sp³-hybridized carbons (Fsp3) is 0.235. The third-order valence-electron chi connectivity index (χ3n) is 4.20. The highest BCUT2D eigenvalue weighted by Crippen LogP contribution is 2.48. The summed E-state index contributed by atoms with van der Waals surface area (Å²) in [5.41, 5.74) is 1.31. The molecule has 0 radical (unpaired) electrons. The van der Waals surface area contributed by atoms with Crippen molar-refractivity contribution in [2.75, 3.05) is 0 Å². The molecule has 2 aromatic carbocycles. The van der Waals surface area contributed by atoms with E-state index < -0.39 is 21.7 Å². The second-order valence-electron chi connectivity index (χ2n) is 5.95. The van der Waals surface area contributed by atoms with Crippen molar-refractivity contribution < 1.29 is 22.0 Å². The minimum absolute atomic E-state index is 0.0246. The van der Waals surface area contributed by atoms with Gasteiger partial charge in [-0.1, -0.05) is 18.2 Å². The summed E-state index contributed by atoms with van der Waals surface area (Å²) in [6.07, 6.45) is 0.713. The summed E-state index contributed by atoms with van der Waals surface area (Å²) >= 11 is 0. The molecule has 2 aromatic rings. The maximum absolute atomic E-state index is 13.2. The van der Waals surface area contributed by atoms with Crippen molar-refractivity contribution >= 4 is 15.8 Å². The Bertz CT molecular complexity index is 895. The Kier molecular flexibility index (Phi) is 4.23. The number of carbonyl (C=O) groups is 1. The minimum Gasteiger partial charge on any atom is -0.299 e. The van der Waals surface area contributed by atoms with Crippen LogP contribution in [0, 0.1) is 17.6 Å². The molecule has 0 aromatic heterocycles. The number of nitrogens with two attached hydrogens (primary N) is 1. The van der Waals surface area contributed by atoms with E-state index in [1.54, 1.807) is 12.1 Å². The number of sulfonamides is 1. The molecule has 2 atom stereocenters. The number of rotatable bonds is 5. The van der Waals surface area contributed by atoms with E-state index in [2.05, 4.69) is 0 Å². The van der Waals surface area contributed by atoms with E-state index >= 15 is 0 Å². The van der Waals surface area contributed by atoms with E-state index in [0.29, 0.717) is 12.0 Å². The molecule has 1 fully saturated rings. The van der Waals surface area contributed by atoms with Gasteiger partial charge in [-0.25, -0.2) is 22.3 Å². The first kappa shape index (κ1) is 16.7. The Balaban J connectivity index is 1.66. The van der Waals surface area contributed by atoms with Crippen LogP contribution < -0.4 is 5.14 Å². The standard InChI is InChI=1S/C17H15F2NO3S/c18-15-6-1-10(7-16(15)19)8-17(21)14-9-13(14)11-2-4-12(5-3-11)24(20,22)23/h1-7,13-14H,8-9H2,(H2,20,22,23)/t13-,14+/m1/s1. The molecule has 126 valence electrons. The van der Waals surface area contributed by atoms with Gasteiger partial charge in [0.05, 0.1) is 4.90 Å². The molecule has 4 nitrogen and oxygen atoms in total. The van der Waals surface area contributed by atoms with Gasteiger partial charge in [-0.15, -0.1) is 0 Å². The summed E-state index contributed by atoms with van der Waals surface area (Å²) in [6, 6.07) is 9.57. The first-order valence-corrected chi connectivity index (χ1v) is 8.90. The van der Waals surface area contributed by atoms with Crippen LogP contribution in [-0.2, 0) is 21.2 Å². The van der Waals surface area contributed by atoms with Crippen LogP contribution in [0.1, 0.15) is 23.5 Å². The van der Waals surface area contributed by atoms with Crippen LogP contribution in [0.3, 0.4) is 0 Å². The van der Waals surface area contributed by atoms with Gasteiger partial charge >= 0.3 is 0 Å². The molecule has 3 rings (SSSR count). The molecule has 2 N–H and O–H groups in total. The molecule has 0 amide bonds. The second-order valence-corrected chi connectivity index (χ2v) is 7.52. The zero-order chi connectivity index (χ0) is 17.5. The Morgan fingerprint density at radius 2 is 1.75 bits per heavy atom. The lowest BCUT2D eigenvalue weighted by molar-refractivity contribution is -0.119. The van der Waals surface area contributed by atoms with Crippen LogP contribution in [0.5, 0.6) is 0 Å². The molecule has 0 unspecified atom stereocenters. The van der Waals surface area contributed by atoms with Crippen molar-refractivity contribution in [3.05, 3.63) is 65.2 Å². The zero-order valence-electron chi connectivity index (χ0n) is 12.6. The predicted octanol–water partition coefficient (Wildman–Crippen LogP) is 2.53. The normalized spacial score (nSPS) is 20.0. The topological polar surface area (TPSA) is 77.2 Å². The van der Waals surface area contributed by atoms with Crippen LogP contribution in [0.25, 0.3) is 0 Å². The van der Waals surface area contributed by atoms with Gasteiger partial charge in [-0.3, -0.25) is 4.79 Å². The highest BCUT2D eigenvalue weighted by molar-refractivity contribution is 7.89. The Morgan fingerprint density at radius 3 is 2.33 bits per heavy atom. The Hall–Kier alpha value is -2.12. The predicted molar refractivity (Wildman–Crippen MR) is 83.7 cm³/mol. The van der Waals surface area contributed by atoms with Gasteiger partial charge in [-0.2, -0.15) is 0 Å². The molecule has 0 heterocycles. The number of hydrogen-bond acceptors (Lipinski definition) is 3. The molecule has 1 saturated carbocycles. The SMILES string of the molecule is NS(=O)(=O)c1ccc([C@H]2C[C@@H]2C(=O)Cc2ccc(F)c(F)c2)cc1. The summed E-state index contributed by atoms with van der Waals surface area (Å²) in [7, 11) is -3.74. The van der Waals surface area contributed by atoms with Crippen molar-refractivity contribution in [3.8, 4) is 0 Å². The molecular formula is C17H15F2NO3S. The molecular weight excluding hydrogens is 336 g/mol. The first-order valence-electron chi connectivity index (χ1n) is 7.35. The van der Waals surface area contributed by atoms with Gasteiger partial charge in [0.15, 0.2) is 11.6 Å². The lowest BCUT2D eigenvalue weighted by Crippen LogP contribution is -2.12. The quantitative estimate of drug-likeness (QED) is 0.899. The number of ketones is 1. The maximum atomic E-state index is 13.2. The van der Waals surface area contributed by atoms with Crippen molar-refractivity contribution in [1.29, 1.82) is 0 Å². The summed E-state index contributed by atoms with van der Waals surface area (Å²) in [5, 5.41) is 5.04. The van der Waals surface area contributed by atoms with E-state index in [-0.39, 0.29) is 28.9 Å². The van der Waals surface area contributed by atoms with Gasteiger partial charge in [0.2, 0.25) is 10.0 Å². The molecule has 1 aliphatic carbocycles. The number of benzene rings is 2. The van der Waals surface area contributed by atoms with Crippen molar-refractivity contribution in [3.63, 3.8) is 0 Å². The average molecular weight is 351 g/mol. The number of primary sulfonamides is 1. The van der Waals surface area contributed by atoms with E-state index in [0.717, 1.165) is 17.7 Å². The number of carbonyl (C=O) groups excluding carboxylic acids is 1. The van der Waals surface area contributed by atoms with Crippen molar-refractivity contribution in [1.82, 2.24) is 0 Å². The van der Waals surface area contributed by atoms with Gasteiger partial charge in [0, 0.05) is 12.3 Å². The molecule has 1 aliphatic rings. The van der Waals surface area contributed by atoms with E-state index in [1.165, 1.54) is 18.2 Å². The highest BCUT2D eigenvalue weighted by atomic mass is 32.2. The van der Waals surface area contributed by atoms with Gasteiger partial charge < -0.3 is 0 Å². The summed E-state index contributed by atoms with van der Waals surface area (Å²) < 4.78 is 48.5. The Labute approximate surface area is 138 Å². The molecule has 7 heteroatoms. The summed E-state index contributed by atoms with van der Waals surface area (Å²) in [6.45, 7) is 0. The van der Waals surface area contributed by atoms with E-state index in [9.17, 15) is 22.0 Å². The largest absolute Gasteiger partial charge is 0.299 e. The maximum Gasteiger partial charge on any atom is 0.238 e. The van der Waals surface area contributed by atoms with Gasteiger partial charge in [0.1, 0.15) is 5.78 Å². The monoisotopic (exact) mass is 351 g/mol. The van der Waals surface area contributed by atoms with Crippen LogP contribution in [0.4, 0.5) is 8.78 Å². The summed E-state index contributed by atoms with van der Waals surface area (Å²) in [5.74, 6) is -2.10. The third kappa shape index (κ3) is 3.52. The lowest BCUT2D eigenvalue weighted by atomic mass is 10.0. The first-order chi connectivity index (χ1) is 11.3. The van der Waals surface area contributed by atoms with E-state index in [1.807, 2.05) is 0 Å². The van der Waals surface area contributed by atoms with E-state index in [4.69, 9.17) is 5.14 Å². The molecule has 0 spiro atoms. The average Bonchev–Trinajstić information content (AvgIpc) is 3.31. The van der Waals surface area contributed by atoms with Gasteiger partial charge in [0.25, 0.3) is 0 Å². The lowest BCUT2D eigenvalue weighted by Gasteiger charge is -2.04. The van der Waals surface area contributed by atoms with Crippen molar-refractivity contribution in [2.24, 2.45) is 11.1 Å². The van der Waals surface area contributed by atoms with Crippen LogP contribution in [-0.4, -0.2) is 14.2 Å². The third-order valence-corrected chi connectivity index (χ3v) is 5.13. The van der Waals surface area contributed by atoms with Gasteiger partial charge in [-0.05, 0) is 47.7 Å². The van der Waals surface area contributed by atoms with Crippen LogP contribution >= 0.6 is 0 Å². The fourth-order valence-corrected chi connectivity index (χ4v) is 3.32. The minimum atomic E-state index is -3.74. The number of halogens is 2. The van der Waals surface area contributed by atoms with Crippen LogP contribution in [0.15, 0.2) is 47.4 Å². The Morgan fingerprint density at radius 1 is 1.08 bits per heavy atom. The fourth-order valence-electron chi connectivity index (χ4n) is 2.81. The molecule has 24 heavy (non-hydrogen) atoms. The second kappa shape index (κ2) is 6.07. The molecule has 0 bridgehead atoms.